The average molecular weight is 345 g/mol. The number of fused-ring (bicyclic) bond motifs is 1. The molecule has 2 fully saturated rings. The lowest BCUT2D eigenvalue weighted by Gasteiger charge is -2.35. The summed E-state index contributed by atoms with van der Waals surface area (Å²) in [5.41, 5.74) is 0. The van der Waals surface area contributed by atoms with Crippen LogP contribution in [0.3, 0.4) is 0 Å². The Morgan fingerprint density at radius 1 is 1.00 bits per heavy atom. The Morgan fingerprint density at radius 3 is 2.41 bits per heavy atom. The van der Waals surface area contributed by atoms with Gasteiger partial charge in [-0.05, 0) is 76.8 Å². The summed E-state index contributed by atoms with van der Waals surface area (Å²) in [4.78, 5) is 0. The van der Waals surface area contributed by atoms with Crippen LogP contribution in [-0.2, 0) is 13.6 Å². The number of ether oxygens (including phenoxy) is 2. The maximum atomic E-state index is 6.72. The topological polar surface area (TPSA) is 31.0 Å². The Morgan fingerprint density at radius 2 is 1.73 bits per heavy atom. The standard InChI is InChI=1S/C17H36O3Si2/c1-6-18-11-7-12-21(2,3)20-22(4,5)13-10-15-8-9-16-17(14-15)19-16/h15-17H,6-14H2,1-5H3. The van der Waals surface area contributed by atoms with E-state index < -0.39 is 16.6 Å². The van der Waals surface area contributed by atoms with E-state index in [1.807, 2.05) is 0 Å². The van der Waals surface area contributed by atoms with E-state index in [1.54, 1.807) is 0 Å². The van der Waals surface area contributed by atoms with Crippen LogP contribution in [0.1, 0.15) is 39.0 Å². The van der Waals surface area contributed by atoms with Gasteiger partial charge in [0, 0.05) is 13.2 Å². The van der Waals surface area contributed by atoms with Crippen LogP contribution in [0.25, 0.3) is 0 Å². The number of hydrogen-bond donors (Lipinski definition) is 0. The van der Waals surface area contributed by atoms with E-state index in [4.69, 9.17) is 13.6 Å². The van der Waals surface area contributed by atoms with E-state index in [-0.39, 0.29) is 0 Å². The summed E-state index contributed by atoms with van der Waals surface area (Å²) in [6.45, 7) is 13.4. The molecule has 3 unspecified atom stereocenters. The second kappa shape index (κ2) is 7.92. The second-order valence-electron chi connectivity index (χ2n) is 8.35. The van der Waals surface area contributed by atoms with Gasteiger partial charge in [0.15, 0.2) is 16.6 Å². The van der Waals surface area contributed by atoms with Crippen molar-refractivity contribution < 1.29 is 13.6 Å². The summed E-state index contributed by atoms with van der Waals surface area (Å²) >= 11 is 0. The molecule has 2 rings (SSSR count). The van der Waals surface area contributed by atoms with Crippen LogP contribution in [-0.4, -0.2) is 42.1 Å². The van der Waals surface area contributed by atoms with Gasteiger partial charge in [0.1, 0.15) is 0 Å². The molecule has 22 heavy (non-hydrogen) atoms. The maximum Gasteiger partial charge on any atom is 0.173 e. The van der Waals surface area contributed by atoms with Crippen molar-refractivity contribution in [2.75, 3.05) is 13.2 Å². The van der Waals surface area contributed by atoms with Crippen molar-refractivity contribution in [3.8, 4) is 0 Å². The zero-order valence-corrected chi connectivity index (χ0v) is 17.3. The van der Waals surface area contributed by atoms with Crippen molar-refractivity contribution in [2.45, 2.75) is 89.5 Å². The fourth-order valence-corrected chi connectivity index (χ4v) is 12.8. The number of rotatable bonds is 10. The molecule has 2 aliphatic rings. The van der Waals surface area contributed by atoms with Crippen LogP contribution in [0.5, 0.6) is 0 Å². The zero-order valence-electron chi connectivity index (χ0n) is 15.3. The van der Waals surface area contributed by atoms with Gasteiger partial charge in [-0.3, -0.25) is 0 Å². The quantitative estimate of drug-likeness (QED) is 0.324. The molecule has 0 amide bonds. The highest BCUT2D eigenvalue weighted by Gasteiger charge is 2.44. The summed E-state index contributed by atoms with van der Waals surface area (Å²) in [7, 11) is -3.04. The van der Waals surface area contributed by atoms with E-state index in [2.05, 4.69) is 33.1 Å². The first-order valence-electron chi connectivity index (χ1n) is 9.25. The van der Waals surface area contributed by atoms with Gasteiger partial charge < -0.3 is 13.6 Å². The van der Waals surface area contributed by atoms with E-state index in [0.29, 0.717) is 12.2 Å². The summed E-state index contributed by atoms with van der Waals surface area (Å²) < 4.78 is 17.9. The van der Waals surface area contributed by atoms with Gasteiger partial charge in [-0.2, -0.15) is 0 Å². The van der Waals surface area contributed by atoms with Crippen molar-refractivity contribution in [1.29, 1.82) is 0 Å². The fraction of sp³-hybridized carbons (Fsp3) is 1.00. The maximum absolute atomic E-state index is 6.72. The second-order valence-corrected chi connectivity index (χ2v) is 17.2. The molecule has 1 aliphatic carbocycles. The third-order valence-corrected chi connectivity index (χ3v) is 12.6. The third-order valence-electron chi connectivity index (χ3n) is 5.09. The molecular weight excluding hydrogens is 308 g/mol. The van der Waals surface area contributed by atoms with Crippen molar-refractivity contribution in [3.05, 3.63) is 0 Å². The number of epoxide rings is 1. The smallest absolute Gasteiger partial charge is 0.173 e. The fourth-order valence-electron chi connectivity index (χ4n) is 3.89. The molecule has 3 atom stereocenters. The molecule has 0 aromatic rings. The van der Waals surface area contributed by atoms with Crippen LogP contribution < -0.4 is 0 Å². The van der Waals surface area contributed by atoms with Crippen LogP contribution >= 0.6 is 0 Å². The van der Waals surface area contributed by atoms with Crippen LogP contribution in [0.4, 0.5) is 0 Å². The molecule has 0 radical (unpaired) electrons. The Labute approximate surface area is 139 Å². The van der Waals surface area contributed by atoms with Gasteiger partial charge in [-0.25, -0.2) is 0 Å². The van der Waals surface area contributed by atoms with Crippen molar-refractivity contribution in [1.82, 2.24) is 0 Å². The molecule has 1 saturated carbocycles. The van der Waals surface area contributed by atoms with Gasteiger partial charge in [0.25, 0.3) is 0 Å². The van der Waals surface area contributed by atoms with Crippen LogP contribution in [0.15, 0.2) is 0 Å². The van der Waals surface area contributed by atoms with E-state index >= 15 is 0 Å². The molecule has 1 aliphatic heterocycles. The summed E-state index contributed by atoms with van der Waals surface area (Å²) in [5.74, 6) is 0.891. The molecule has 0 bridgehead atoms. The lowest BCUT2D eigenvalue weighted by molar-refractivity contribution is 0.147. The third kappa shape index (κ3) is 6.44. The SMILES string of the molecule is CCOCCC[Si](C)(C)O[Si](C)(C)CCC1CCC2OC2C1. The highest BCUT2D eigenvalue weighted by Crippen LogP contribution is 2.41. The normalized spacial score (nSPS) is 28.5. The predicted molar refractivity (Wildman–Crippen MR) is 97.4 cm³/mol. The Kier molecular flexibility index (Phi) is 6.72. The summed E-state index contributed by atoms with van der Waals surface area (Å²) in [5, 5.41) is 0. The van der Waals surface area contributed by atoms with E-state index in [9.17, 15) is 0 Å². The van der Waals surface area contributed by atoms with Gasteiger partial charge >= 0.3 is 0 Å². The summed E-state index contributed by atoms with van der Waals surface area (Å²) in [6.07, 6.45) is 7.75. The highest BCUT2D eigenvalue weighted by atomic mass is 28.4. The monoisotopic (exact) mass is 344 g/mol. The molecule has 1 heterocycles. The Hall–Kier alpha value is 0.314. The minimum Gasteiger partial charge on any atom is -0.455 e. The molecule has 0 aromatic heterocycles. The average Bonchev–Trinajstić information content (AvgIpc) is 3.19. The lowest BCUT2D eigenvalue weighted by atomic mass is 9.88. The van der Waals surface area contributed by atoms with Crippen molar-refractivity contribution in [3.63, 3.8) is 0 Å². The molecule has 1 saturated heterocycles. The first-order valence-corrected chi connectivity index (χ1v) is 15.5. The van der Waals surface area contributed by atoms with Crippen molar-refractivity contribution >= 4 is 16.6 Å². The van der Waals surface area contributed by atoms with Crippen LogP contribution in [0.2, 0.25) is 38.3 Å². The van der Waals surface area contributed by atoms with Gasteiger partial charge in [-0.15, -0.1) is 0 Å². The molecule has 0 aromatic carbocycles. The minimum absolute atomic E-state index is 0.619. The Bertz CT molecular complexity index is 347. The van der Waals surface area contributed by atoms with Crippen molar-refractivity contribution in [2.24, 2.45) is 5.92 Å². The van der Waals surface area contributed by atoms with Crippen LogP contribution in [0, 0.1) is 5.92 Å². The first kappa shape index (κ1) is 18.6. The Balaban J connectivity index is 1.67. The zero-order chi connectivity index (χ0) is 16.2. The molecular formula is C17H36O3Si2. The molecule has 130 valence electrons. The first-order chi connectivity index (χ1) is 10.3. The predicted octanol–water partition coefficient (Wildman–Crippen LogP) is 4.80. The lowest BCUT2D eigenvalue weighted by Crippen LogP contribution is -2.44. The highest BCUT2D eigenvalue weighted by molar-refractivity contribution is 6.84. The van der Waals surface area contributed by atoms with Gasteiger partial charge in [-0.1, -0.05) is 6.42 Å². The molecule has 0 N–H and O–H groups in total. The largest absolute Gasteiger partial charge is 0.455 e. The molecule has 3 nitrogen and oxygen atoms in total. The van der Waals surface area contributed by atoms with Gasteiger partial charge in [0.05, 0.1) is 12.2 Å². The molecule has 0 spiro atoms. The minimum atomic E-state index is -1.52. The van der Waals surface area contributed by atoms with E-state index in [0.717, 1.165) is 25.6 Å². The van der Waals surface area contributed by atoms with E-state index in [1.165, 1.54) is 37.8 Å². The summed E-state index contributed by atoms with van der Waals surface area (Å²) in [6, 6.07) is 2.54. The molecule has 5 heteroatoms. The van der Waals surface area contributed by atoms with Gasteiger partial charge in [0.2, 0.25) is 0 Å². The number of hydrogen-bond acceptors (Lipinski definition) is 3.